The van der Waals surface area contributed by atoms with Gasteiger partial charge in [-0.3, -0.25) is 9.78 Å². The van der Waals surface area contributed by atoms with Crippen LogP contribution in [0.3, 0.4) is 0 Å². The molecule has 0 aliphatic carbocycles. The molecule has 23 heavy (non-hydrogen) atoms. The molecule has 1 aliphatic heterocycles. The third kappa shape index (κ3) is 3.38. The summed E-state index contributed by atoms with van der Waals surface area (Å²) in [5.74, 6) is -0.101. The quantitative estimate of drug-likeness (QED) is 0.941. The summed E-state index contributed by atoms with van der Waals surface area (Å²) in [6.45, 7) is 4.13. The number of nitrogens with one attached hydrogen (secondary N) is 1. The van der Waals surface area contributed by atoms with Gasteiger partial charge in [0, 0.05) is 37.1 Å². The largest absolute Gasteiger partial charge is 0.333 e. The molecule has 2 aromatic rings. The van der Waals surface area contributed by atoms with Gasteiger partial charge in [0.1, 0.15) is 0 Å². The molecule has 120 valence electrons. The normalized spacial score (nSPS) is 19.4. The number of hydrogen-bond acceptors (Lipinski definition) is 3. The van der Waals surface area contributed by atoms with Crippen molar-refractivity contribution in [1.82, 2.24) is 15.2 Å². The smallest absolute Gasteiger partial charge is 0.230 e. The standard InChI is InChI=1S/C18H20ClN3O/c1-13(14-5-4-8-20-11-14)18(23)22-10-9-21-12-17(22)15-6-2-3-7-16(15)19/h2-8,11,13,17,21H,9-10,12H2,1H3. The van der Waals surface area contributed by atoms with Crippen LogP contribution in [-0.4, -0.2) is 35.4 Å². The SMILES string of the molecule is CC(C(=O)N1CCNCC1c1ccccc1Cl)c1cccnc1. The molecule has 1 aliphatic rings. The van der Waals surface area contributed by atoms with Gasteiger partial charge in [-0.2, -0.15) is 0 Å². The first-order valence-corrected chi connectivity index (χ1v) is 8.22. The summed E-state index contributed by atoms with van der Waals surface area (Å²) in [4.78, 5) is 19.1. The van der Waals surface area contributed by atoms with Gasteiger partial charge >= 0.3 is 0 Å². The third-order valence-corrected chi connectivity index (χ3v) is 4.69. The molecule has 1 saturated heterocycles. The number of benzene rings is 1. The van der Waals surface area contributed by atoms with Crippen LogP contribution in [0.15, 0.2) is 48.8 Å². The lowest BCUT2D eigenvalue weighted by atomic mass is 9.97. The topological polar surface area (TPSA) is 45.2 Å². The van der Waals surface area contributed by atoms with E-state index in [0.29, 0.717) is 11.6 Å². The molecule has 4 nitrogen and oxygen atoms in total. The maximum atomic E-state index is 13.0. The highest BCUT2D eigenvalue weighted by Crippen LogP contribution is 2.31. The van der Waals surface area contributed by atoms with Crippen LogP contribution in [0.2, 0.25) is 5.02 Å². The molecule has 5 heteroatoms. The molecule has 1 fully saturated rings. The Morgan fingerprint density at radius 2 is 2.17 bits per heavy atom. The van der Waals surface area contributed by atoms with E-state index in [1.165, 1.54) is 0 Å². The molecule has 0 bridgehead atoms. The average molecular weight is 330 g/mol. The highest BCUT2D eigenvalue weighted by atomic mass is 35.5. The zero-order valence-corrected chi connectivity index (χ0v) is 13.8. The average Bonchev–Trinajstić information content (AvgIpc) is 2.62. The van der Waals surface area contributed by atoms with E-state index in [1.54, 1.807) is 12.4 Å². The Morgan fingerprint density at radius 1 is 1.35 bits per heavy atom. The monoisotopic (exact) mass is 329 g/mol. The Bertz CT molecular complexity index is 677. The summed E-state index contributed by atoms with van der Waals surface area (Å²) in [7, 11) is 0. The van der Waals surface area contributed by atoms with Crippen molar-refractivity contribution in [2.75, 3.05) is 19.6 Å². The zero-order chi connectivity index (χ0) is 16.2. The van der Waals surface area contributed by atoms with E-state index in [0.717, 1.165) is 24.2 Å². The second-order valence-corrected chi connectivity index (χ2v) is 6.19. The van der Waals surface area contributed by atoms with E-state index in [9.17, 15) is 4.79 Å². The summed E-state index contributed by atoms with van der Waals surface area (Å²) in [5.41, 5.74) is 1.93. The first kappa shape index (κ1) is 16.0. The lowest BCUT2D eigenvalue weighted by Crippen LogP contribution is -2.49. The fourth-order valence-electron chi connectivity index (χ4n) is 3.01. The molecule has 1 aromatic heterocycles. The summed E-state index contributed by atoms with van der Waals surface area (Å²) in [5, 5.41) is 4.06. The Kier molecular flexibility index (Phi) is 4.94. The third-order valence-electron chi connectivity index (χ3n) is 4.35. The maximum absolute atomic E-state index is 13.0. The first-order chi connectivity index (χ1) is 11.2. The van der Waals surface area contributed by atoms with Crippen LogP contribution in [-0.2, 0) is 4.79 Å². The van der Waals surface area contributed by atoms with Crippen LogP contribution in [0, 0.1) is 0 Å². The summed E-state index contributed by atoms with van der Waals surface area (Å²) in [6.07, 6.45) is 3.48. The number of halogens is 1. The van der Waals surface area contributed by atoms with Crippen molar-refractivity contribution in [2.45, 2.75) is 18.9 Å². The molecule has 0 saturated carbocycles. The minimum absolute atomic E-state index is 0.0379. The van der Waals surface area contributed by atoms with Crippen LogP contribution in [0.5, 0.6) is 0 Å². The van der Waals surface area contributed by atoms with Crippen molar-refractivity contribution in [3.05, 3.63) is 64.9 Å². The van der Waals surface area contributed by atoms with E-state index < -0.39 is 0 Å². The molecular weight excluding hydrogens is 310 g/mol. The fourth-order valence-corrected chi connectivity index (χ4v) is 3.28. The maximum Gasteiger partial charge on any atom is 0.230 e. The van der Waals surface area contributed by atoms with Gasteiger partial charge < -0.3 is 10.2 Å². The van der Waals surface area contributed by atoms with Gasteiger partial charge in [0.2, 0.25) is 5.91 Å². The number of aromatic nitrogens is 1. The van der Waals surface area contributed by atoms with Gasteiger partial charge in [0.05, 0.1) is 12.0 Å². The molecule has 0 spiro atoms. The van der Waals surface area contributed by atoms with Crippen LogP contribution >= 0.6 is 11.6 Å². The number of hydrogen-bond donors (Lipinski definition) is 1. The van der Waals surface area contributed by atoms with Crippen LogP contribution in [0.25, 0.3) is 0 Å². The van der Waals surface area contributed by atoms with E-state index >= 15 is 0 Å². The van der Waals surface area contributed by atoms with Crippen LogP contribution in [0.4, 0.5) is 0 Å². The molecule has 2 unspecified atom stereocenters. The van der Waals surface area contributed by atoms with Crippen molar-refractivity contribution < 1.29 is 4.79 Å². The van der Waals surface area contributed by atoms with E-state index in [-0.39, 0.29) is 17.9 Å². The predicted octanol–water partition coefficient (Wildman–Crippen LogP) is 3.01. The van der Waals surface area contributed by atoms with Crippen LogP contribution in [0.1, 0.15) is 30.0 Å². The van der Waals surface area contributed by atoms with Crippen LogP contribution < -0.4 is 5.32 Å². The van der Waals surface area contributed by atoms with Gasteiger partial charge in [-0.15, -0.1) is 0 Å². The van der Waals surface area contributed by atoms with Crippen molar-refractivity contribution in [1.29, 1.82) is 0 Å². The highest BCUT2D eigenvalue weighted by Gasteiger charge is 2.32. The fraction of sp³-hybridized carbons (Fsp3) is 0.333. The minimum atomic E-state index is -0.216. The van der Waals surface area contributed by atoms with Gasteiger partial charge in [-0.25, -0.2) is 0 Å². The number of pyridine rings is 1. The van der Waals surface area contributed by atoms with Crippen molar-refractivity contribution in [2.24, 2.45) is 0 Å². The van der Waals surface area contributed by atoms with Gasteiger partial charge in [0.25, 0.3) is 0 Å². The van der Waals surface area contributed by atoms with E-state index in [2.05, 4.69) is 10.3 Å². The highest BCUT2D eigenvalue weighted by molar-refractivity contribution is 6.31. The molecular formula is C18H20ClN3O. The number of amides is 1. The Labute approximate surface area is 141 Å². The van der Waals surface area contributed by atoms with Gasteiger partial charge in [-0.1, -0.05) is 35.9 Å². The molecule has 1 amide bonds. The van der Waals surface area contributed by atoms with Crippen molar-refractivity contribution >= 4 is 17.5 Å². The van der Waals surface area contributed by atoms with Gasteiger partial charge in [0.15, 0.2) is 0 Å². The summed E-state index contributed by atoms with van der Waals surface area (Å²) >= 11 is 6.35. The first-order valence-electron chi connectivity index (χ1n) is 7.84. The lowest BCUT2D eigenvalue weighted by Gasteiger charge is -2.38. The summed E-state index contributed by atoms with van der Waals surface area (Å²) < 4.78 is 0. The molecule has 3 rings (SSSR count). The van der Waals surface area contributed by atoms with Gasteiger partial charge in [-0.05, 0) is 30.2 Å². The van der Waals surface area contributed by atoms with Crippen molar-refractivity contribution in [3.63, 3.8) is 0 Å². The number of rotatable bonds is 3. The number of piperazine rings is 1. The van der Waals surface area contributed by atoms with E-state index in [4.69, 9.17) is 11.6 Å². The molecule has 2 atom stereocenters. The Hall–Kier alpha value is -1.91. The summed E-state index contributed by atoms with van der Waals surface area (Å²) in [6, 6.07) is 11.5. The second kappa shape index (κ2) is 7.11. The minimum Gasteiger partial charge on any atom is -0.333 e. The number of carbonyl (C=O) groups is 1. The number of carbonyl (C=O) groups excluding carboxylic acids is 1. The molecule has 2 heterocycles. The lowest BCUT2D eigenvalue weighted by molar-refractivity contribution is -0.135. The Morgan fingerprint density at radius 3 is 2.91 bits per heavy atom. The number of nitrogens with zero attached hydrogens (tertiary/aromatic N) is 2. The Balaban J connectivity index is 1.87. The molecule has 1 aromatic carbocycles. The molecule has 0 radical (unpaired) electrons. The molecule has 1 N–H and O–H groups in total. The van der Waals surface area contributed by atoms with Crippen molar-refractivity contribution in [3.8, 4) is 0 Å². The second-order valence-electron chi connectivity index (χ2n) is 5.78. The predicted molar refractivity (Wildman–Crippen MR) is 91.4 cm³/mol. The van der Waals surface area contributed by atoms with E-state index in [1.807, 2.05) is 48.2 Å². The zero-order valence-electron chi connectivity index (χ0n) is 13.1.